The van der Waals surface area contributed by atoms with Crippen LogP contribution in [0.3, 0.4) is 0 Å². The van der Waals surface area contributed by atoms with Gasteiger partial charge in [0.25, 0.3) is 11.4 Å². The minimum atomic E-state index is -3.41. The quantitative estimate of drug-likeness (QED) is 0.296. The van der Waals surface area contributed by atoms with Crippen LogP contribution >= 0.6 is 11.8 Å². The molecule has 0 spiro atoms. The number of nitro groups is 2. The SMILES string of the molecule is C.O=[N+]([O-])c1ccc(S(=O)(=O)CC2CCO2)cc1.O=[N+]([O-])c1ccc(SCC2CCO2)cc1. The minimum absolute atomic E-state index is 0. The van der Waals surface area contributed by atoms with Gasteiger partial charge in [0.2, 0.25) is 0 Å². The molecule has 2 unspecified atom stereocenters. The Kier molecular flexibility index (Phi) is 9.77. The van der Waals surface area contributed by atoms with Crippen LogP contribution in [0.25, 0.3) is 0 Å². The molecule has 2 saturated heterocycles. The smallest absolute Gasteiger partial charge is 0.269 e. The summed E-state index contributed by atoms with van der Waals surface area (Å²) < 4.78 is 34.1. The Bertz CT molecular complexity index is 1030. The van der Waals surface area contributed by atoms with Gasteiger partial charge >= 0.3 is 0 Å². The molecule has 0 radical (unpaired) electrons. The van der Waals surface area contributed by atoms with Gasteiger partial charge in [-0.3, -0.25) is 20.2 Å². The van der Waals surface area contributed by atoms with E-state index in [1.807, 2.05) is 0 Å². The van der Waals surface area contributed by atoms with Crippen molar-refractivity contribution in [2.75, 3.05) is 24.7 Å². The molecule has 2 aromatic rings. The van der Waals surface area contributed by atoms with Crippen LogP contribution in [0.15, 0.2) is 58.3 Å². The van der Waals surface area contributed by atoms with Gasteiger partial charge in [-0.25, -0.2) is 8.42 Å². The maximum atomic E-state index is 11.9. The summed E-state index contributed by atoms with van der Waals surface area (Å²) in [6.07, 6.45) is 1.99. The predicted octanol–water partition coefficient (Wildman–Crippen LogP) is 4.27. The molecule has 2 heterocycles. The molecule has 0 N–H and O–H groups in total. The second kappa shape index (κ2) is 12.1. The highest BCUT2D eigenvalue weighted by Crippen LogP contribution is 2.25. The number of rotatable bonds is 8. The van der Waals surface area contributed by atoms with E-state index in [1.54, 1.807) is 23.9 Å². The molecule has 0 aromatic heterocycles. The average molecular weight is 499 g/mol. The van der Waals surface area contributed by atoms with Crippen LogP contribution in [0, 0.1) is 20.2 Å². The molecule has 180 valence electrons. The Morgan fingerprint density at radius 3 is 1.70 bits per heavy atom. The molecule has 2 aromatic carbocycles. The summed E-state index contributed by atoms with van der Waals surface area (Å²) in [5.74, 6) is 0.864. The Hall–Kier alpha value is -2.54. The van der Waals surface area contributed by atoms with Crippen molar-refractivity contribution in [2.45, 2.75) is 42.3 Å². The summed E-state index contributed by atoms with van der Waals surface area (Å²) >= 11 is 1.68. The lowest BCUT2D eigenvalue weighted by atomic mass is 10.2. The lowest BCUT2D eigenvalue weighted by Crippen LogP contribution is -2.33. The van der Waals surface area contributed by atoms with Gasteiger partial charge in [0.15, 0.2) is 9.84 Å². The average Bonchev–Trinajstić information content (AvgIpc) is 2.71. The van der Waals surface area contributed by atoms with Crippen LogP contribution in [-0.4, -0.2) is 55.2 Å². The highest BCUT2D eigenvalue weighted by molar-refractivity contribution is 7.99. The van der Waals surface area contributed by atoms with Crippen LogP contribution in [0.4, 0.5) is 11.4 Å². The molecular formula is C21H26N2O8S2. The monoisotopic (exact) mass is 498 g/mol. The third kappa shape index (κ3) is 7.77. The van der Waals surface area contributed by atoms with Crippen molar-refractivity contribution in [1.29, 1.82) is 0 Å². The Morgan fingerprint density at radius 1 is 0.848 bits per heavy atom. The first-order valence-electron chi connectivity index (χ1n) is 9.82. The van der Waals surface area contributed by atoms with Gasteiger partial charge in [0, 0.05) is 48.1 Å². The highest BCUT2D eigenvalue weighted by atomic mass is 32.2. The van der Waals surface area contributed by atoms with Crippen LogP contribution in [0.2, 0.25) is 0 Å². The molecule has 4 rings (SSSR count). The van der Waals surface area contributed by atoms with E-state index in [0.29, 0.717) is 12.7 Å². The topological polar surface area (TPSA) is 139 Å². The second-order valence-electron chi connectivity index (χ2n) is 7.16. The summed E-state index contributed by atoms with van der Waals surface area (Å²) in [6.45, 7) is 1.46. The standard InChI is InChI=1S/C10H11NO5S.C10H11NO3S.CH4/c12-11(13)8-1-3-10(4-2-8)17(14,15)7-9-5-6-16-9;12-11(13)8-1-3-10(4-2-8)15-7-9-5-6-14-9;/h1-4,9H,5-7H2;1-4,9H,5-7H2;1H4. The fourth-order valence-corrected chi connectivity index (χ4v) is 5.27. The van der Waals surface area contributed by atoms with E-state index >= 15 is 0 Å². The fourth-order valence-electron chi connectivity index (χ4n) is 2.80. The van der Waals surface area contributed by atoms with Crippen LogP contribution in [-0.2, 0) is 19.3 Å². The zero-order valence-corrected chi connectivity index (χ0v) is 18.6. The first-order valence-corrected chi connectivity index (χ1v) is 12.5. The fraction of sp³-hybridized carbons (Fsp3) is 0.429. The number of sulfone groups is 1. The molecule has 0 saturated carbocycles. The van der Waals surface area contributed by atoms with Crippen LogP contribution in [0.5, 0.6) is 0 Å². The number of hydrogen-bond donors (Lipinski definition) is 0. The largest absolute Gasteiger partial charge is 0.377 e. The Morgan fingerprint density at radius 2 is 1.30 bits per heavy atom. The molecule has 10 nitrogen and oxygen atoms in total. The number of nitrogens with zero attached hydrogens (tertiary/aromatic N) is 2. The summed E-state index contributed by atoms with van der Waals surface area (Å²) in [6, 6.07) is 11.5. The van der Waals surface area contributed by atoms with Crippen molar-refractivity contribution in [1.82, 2.24) is 0 Å². The van der Waals surface area contributed by atoms with Gasteiger partial charge in [-0.2, -0.15) is 0 Å². The Labute approximate surface area is 196 Å². The number of thioether (sulfide) groups is 1. The maximum Gasteiger partial charge on any atom is 0.269 e. The molecular weight excluding hydrogens is 472 g/mol. The van der Waals surface area contributed by atoms with E-state index in [-0.39, 0.29) is 40.5 Å². The summed E-state index contributed by atoms with van der Waals surface area (Å²) in [5, 5.41) is 20.8. The summed E-state index contributed by atoms with van der Waals surface area (Å²) in [4.78, 5) is 21.0. The van der Waals surface area contributed by atoms with E-state index in [9.17, 15) is 28.6 Å². The van der Waals surface area contributed by atoms with E-state index in [0.717, 1.165) is 30.1 Å². The zero-order valence-electron chi connectivity index (χ0n) is 17.0. The van der Waals surface area contributed by atoms with Crippen LogP contribution in [0.1, 0.15) is 20.3 Å². The number of benzene rings is 2. The predicted molar refractivity (Wildman–Crippen MR) is 124 cm³/mol. The van der Waals surface area contributed by atoms with Gasteiger partial charge in [-0.1, -0.05) is 7.43 Å². The van der Waals surface area contributed by atoms with Crippen molar-refractivity contribution >= 4 is 33.0 Å². The minimum Gasteiger partial charge on any atom is -0.377 e. The van der Waals surface area contributed by atoms with Gasteiger partial charge < -0.3 is 9.47 Å². The first-order chi connectivity index (χ1) is 15.2. The number of nitro benzene ring substituents is 2. The second-order valence-corrected chi connectivity index (χ2v) is 10.3. The van der Waals surface area contributed by atoms with E-state index < -0.39 is 14.8 Å². The van der Waals surface area contributed by atoms with Gasteiger partial charge in [0.1, 0.15) is 0 Å². The normalized spacial score (nSPS) is 19.0. The molecule has 2 aliphatic heterocycles. The molecule has 33 heavy (non-hydrogen) atoms. The van der Waals surface area contributed by atoms with E-state index in [1.165, 1.54) is 36.4 Å². The molecule has 0 amide bonds. The van der Waals surface area contributed by atoms with Crippen LogP contribution < -0.4 is 0 Å². The lowest BCUT2D eigenvalue weighted by Gasteiger charge is -2.25. The highest BCUT2D eigenvalue weighted by Gasteiger charge is 2.27. The molecule has 2 aliphatic rings. The summed E-state index contributed by atoms with van der Waals surface area (Å²) in [7, 11) is -3.41. The molecule has 2 atom stereocenters. The number of ether oxygens (including phenoxy) is 2. The molecule has 0 bridgehead atoms. The third-order valence-corrected chi connectivity index (χ3v) is 7.83. The maximum absolute atomic E-state index is 11.9. The van der Waals surface area contributed by atoms with Crippen molar-refractivity contribution in [3.8, 4) is 0 Å². The van der Waals surface area contributed by atoms with Crippen molar-refractivity contribution in [2.24, 2.45) is 0 Å². The lowest BCUT2D eigenvalue weighted by molar-refractivity contribution is -0.385. The molecule has 2 fully saturated rings. The molecule has 12 heteroatoms. The van der Waals surface area contributed by atoms with Crippen molar-refractivity contribution < 1.29 is 27.7 Å². The van der Waals surface area contributed by atoms with Gasteiger partial charge in [-0.15, -0.1) is 11.8 Å². The van der Waals surface area contributed by atoms with E-state index in [2.05, 4.69) is 0 Å². The number of non-ortho nitro benzene ring substituents is 2. The Balaban J connectivity index is 0.000000228. The first kappa shape index (κ1) is 26.7. The van der Waals surface area contributed by atoms with Gasteiger partial charge in [-0.05, 0) is 37.1 Å². The summed E-state index contributed by atoms with van der Waals surface area (Å²) in [5.41, 5.74) is 0.0167. The van der Waals surface area contributed by atoms with Crippen molar-refractivity contribution in [3.63, 3.8) is 0 Å². The van der Waals surface area contributed by atoms with Gasteiger partial charge in [0.05, 0.1) is 32.7 Å². The number of hydrogen-bond acceptors (Lipinski definition) is 9. The van der Waals surface area contributed by atoms with E-state index in [4.69, 9.17) is 9.47 Å². The third-order valence-electron chi connectivity index (χ3n) is 4.88. The zero-order chi connectivity index (χ0) is 23.1. The molecule has 0 aliphatic carbocycles. The van der Waals surface area contributed by atoms with Crippen molar-refractivity contribution in [3.05, 3.63) is 68.8 Å².